The number of Topliss-reactive ketones (excluding diaryl/α,β-unsaturated/α-hetero) is 1. The summed E-state index contributed by atoms with van der Waals surface area (Å²) in [5.74, 6) is 1.59. The van der Waals surface area contributed by atoms with Gasteiger partial charge in [-0.15, -0.1) is 0 Å². The fraction of sp³-hybridized carbons (Fsp3) is 0.212. The molecule has 1 aromatic heterocycles. The Hall–Kier alpha value is -4.98. The van der Waals surface area contributed by atoms with E-state index in [0.717, 1.165) is 17.1 Å². The van der Waals surface area contributed by atoms with Gasteiger partial charge < -0.3 is 23.9 Å². The predicted molar refractivity (Wildman–Crippen MR) is 155 cm³/mol. The molecule has 2 atom stereocenters. The minimum Gasteiger partial charge on any atom is -0.493 e. The molecule has 2 heterocycles. The molecule has 0 saturated heterocycles. The Labute approximate surface area is 238 Å². The number of fused-ring (bicyclic) bond motifs is 1. The molecule has 8 nitrogen and oxygen atoms in total. The number of allylic oxidation sites excluding steroid dienone is 1. The molecular weight excluding hydrogens is 520 g/mol. The number of nitrogens with one attached hydrogen (secondary N) is 1. The fourth-order valence-corrected chi connectivity index (χ4v) is 5.83. The maximum Gasteiger partial charge on any atom is 0.259 e. The average molecular weight is 551 g/mol. The van der Waals surface area contributed by atoms with E-state index in [1.165, 1.54) is 7.11 Å². The fourth-order valence-electron chi connectivity index (χ4n) is 5.83. The van der Waals surface area contributed by atoms with Gasteiger partial charge in [0.25, 0.3) is 5.91 Å². The third-order valence-corrected chi connectivity index (χ3v) is 7.68. The molecule has 0 fully saturated rings. The van der Waals surface area contributed by atoms with Crippen LogP contribution in [0.25, 0.3) is 0 Å². The van der Waals surface area contributed by atoms with Crippen LogP contribution >= 0.6 is 0 Å². The number of anilines is 2. The molecule has 41 heavy (non-hydrogen) atoms. The van der Waals surface area contributed by atoms with Gasteiger partial charge in [0, 0.05) is 29.2 Å². The number of carbonyl (C=O) groups excluding carboxylic acids is 2. The van der Waals surface area contributed by atoms with Crippen molar-refractivity contribution in [3.05, 3.63) is 113 Å². The Balaban J connectivity index is 1.62. The standard InChI is InChI=1S/C33H30N2O6/c1-38-28-18-22(19-29(39-2)32(28)40-3)31-30-24(16-21(17-26(30)36)27-14-9-15-41-27)34-23-12-7-8-13-25(23)35(31)33(37)20-10-5-4-6-11-20/h4-15,18-19,21,31,34H,16-17H2,1-3H3/t21-,31+/m1/s1. The van der Waals surface area contributed by atoms with Crippen molar-refractivity contribution in [3.63, 3.8) is 0 Å². The lowest BCUT2D eigenvalue weighted by atomic mass is 9.79. The molecule has 1 aliphatic carbocycles. The number of nitrogens with zero attached hydrogens (tertiary/aromatic N) is 1. The van der Waals surface area contributed by atoms with Crippen LogP contribution in [0, 0.1) is 0 Å². The van der Waals surface area contributed by atoms with Crippen LogP contribution in [0.15, 0.2) is 101 Å². The first-order chi connectivity index (χ1) is 20.0. The van der Waals surface area contributed by atoms with Crippen molar-refractivity contribution in [2.24, 2.45) is 0 Å². The third-order valence-electron chi connectivity index (χ3n) is 7.68. The first-order valence-electron chi connectivity index (χ1n) is 13.4. The largest absolute Gasteiger partial charge is 0.493 e. The average Bonchev–Trinajstić information content (AvgIpc) is 3.50. The molecule has 3 aromatic carbocycles. The highest BCUT2D eigenvalue weighted by molar-refractivity contribution is 6.12. The van der Waals surface area contributed by atoms with Gasteiger partial charge in [0.1, 0.15) is 5.76 Å². The Bertz CT molecular complexity index is 1600. The highest BCUT2D eigenvalue weighted by atomic mass is 16.5. The number of carbonyl (C=O) groups is 2. The predicted octanol–water partition coefficient (Wildman–Crippen LogP) is 6.52. The molecule has 2 aliphatic rings. The van der Waals surface area contributed by atoms with Crippen molar-refractivity contribution in [1.82, 2.24) is 0 Å². The van der Waals surface area contributed by atoms with Gasteiger partial charge in [0.2, 0.25) is 5.75 Å². The SMILES string of the molecule is COc1cc([C@H]2C3=C(C[C@@H](c4ccco4)CC3=O)Nc3ccccc3N2C(=O)c2ccccc2)cc(OC)c1OC. The Morgan fingerprint density at radius 3 is 2.24 bits per heavy atom. The summed E-state index contributed by atoms with van der Waals surface area (Å²) in [5, 5.41) is 3.54. The van der Waals surface area contributed by atoms with E-state index in [2.05, 4.69) is 5.32 Å². The Morgan fingerprint density at radius 2 is 1.59 bits per heavy atom. The molecule has 1 amide bonds. The minimum absolute atomic E-state index is 0.0717. The van der Waals surface area contributed by atoms with Gasteiger partial charge in [-0.2, -0.15) is 0 Å². The van der Waals surface area contributed by atoms with Crippen molar-refractivity contribution in [2.45, 2.75) is 24.8 Å². The van der Waals surface area contributed by atoms with Crippen LogP contribution in [0.1, 0.15) is 46.5 Å². The highest BCUT2D eigenvalue weighted by Gasteiger charge is 2.43. The summed E-state index contributed by atoms with van der Waals surface area (Å²) in [6.45, 7) is 0. The molecule has 1 aliphatic heterocycles. The highest BCUT2D eigenvalue weighted by Crippen LogP contribution is 2.50. The lowest BCUT2D eigenvalue weighted by Gasteiger charge is -2.35. The van der Waals surface area contributed by atoms with Crippen molar-refractivity contribution in [2.75, 3.05) is 31.5 Å². The van der Waals surface area contributed by atoms with Crippen LogP contribution in [0.3, 0.4) is 0 Å². The van der Waals surface area contributed by atoms with Gasteiger partial charge in [0.05, 0.1) is 45.0 Å². The number of rotatable bonds is 6. The quantitative estimate of drug-likeness (QED) is 0.292. The van der Waals surface area contributed by atoms with Gasteiger partial charge >= 0.3 is 0 Å². The molecule has 0 radical (unpaired) electrons. The zero-order valence-electron chi connectivity index (χ0n) is 23.0. The van der Waals surface area contributed by atoms with Crippen LogP contribution in [0.2, 0.25) is 0 Å². The number of benzene rings is 3. The van der Waals surface area contributed by atoms with Crippen molar-refractivity contribution in [3.8, 4) is 17.2 Å². The second-order valence-electron chi connectivity index (χ2n) is 9.98. The molecule has 4 aromatic rings. The van der Waals surface area contributed by atoms with E-state index in [-0.39, 0.29) is 24.0 Å². The summed E-state index contributed by atoms with van der Waals surface area (Å²) < 4.78 is 22.6. The van der Waals surface area contributed by atoms with Gasteiger partial charge in [0.15, 0.2) is 17.3 Å². The molecule has 0 unspecified atom stereocenters. The van der Waals surface area contributed by atoms with Gasteiger partial charge in [-0.25, -0.2) is 0 Å². The summed E-state index contributed by atoms with van der Waals surface area (Å²) in [4.78, 5) is 30.3. The number of hydrogen-bond donors (Lipinski definition) is 1. The van der Waals surface area contributed by atoms with E-state index in [9.17, 15) is 9.59 Å². The van der Waals surface area contributed by atoms with Crippen LogP contribution in [-0.4, -0.2) is 33.0 Å². The lowest BCUT2D eigenvalue weighted by molar-refractivity contribution is -0.116. The van der Waals surface area contributed by atoms with Crippen LogP contribution < -0.4 is 24.4 Å². The molecule has 0 bridgehead atoms. The summed E-state index contributed by atoms with van der Waals surface area (Å²) in [6, 6.07) is 23.2. The number of ketones is 1. The number of para-hydroxylation sites is 2. The first kappa shape index (κ1) is 26.3. The van der Waals surface area contributed by atoms with E-state index < -0.39 is 6.04 Å². The summed E-state index contributed by atoms with van der Waals surface area (Å²) >= 11 is 0. The second kappa shape index (κ2) is 10.9. The van der Waals surface area contributed by atoms with Crippen molar-refractivity contribution < 1.29 is 28.2 Å². The summed E-state index contributed by atoms with van der Waals surface area (Å²) in [5.41, 5.74) is 3.80. The molecule has 0 saturated carbocycles. The summed E-state index contributed by atoms with van der Waals surface area (Å²) in [6.07, 6.45) is 2.41. The van der Waals surface area contributed by atoms with Gasteiger partial charge in [-0.05, 0) is 60.5 Å². The third kappa shape index (κ3) is 4.61. The zero-order valence-corrected chi connectivity index (χ0v) is 23.0. The molecule has 8 heteroatoms. The molecule has 0 spiro atoms. The second-order valence-corrected chi connectivity index (χ2v) is 9.98. The van der Waals surface area contributed by atoms with E-state index in [1.807, 2.05) is 66.7 Å². The maximum absolute atomic E-state index is 14.4. The van der Waals surface area contributed by atoms with E-state index in [0.29, 0.717) is 46.1 Å². The first-order valence-corrected chi connectivity index (χ1v) is 13.4. The minimum atomic E-state index is -0.785. The molecule has 1 N–H and O–H groups in total. The van der Waals surface area contributed by atoms with Gasteiger partial charge in [-0.3, -0.25) is 14.5 Å². The molecule has 6 rings (SSSR count). The van der Waals surface area contributed by atoms with Crippen LogP contribution in [-0.2, 0) is 4.79 Å². The Morgan fingerprint density at radius 1 is 0.878 bits per heavy atom. The number of hydrogen-bond acceptors (Lipinski definition) is 7. The van der Waals surface area contributed by atoms with E-state index in [1.54, 1.807) is 37.5 Å². The monoisotopic (exact) mass is 550 g/mol. The smallest absolute Gasteiger partial charge is 0.259 e. The number of furan rings is 1. The van der Waals surface area contributed by atoms with E-state index in [4.69, 9.17) is 18.6 Å². The number of ether oxygens (including phenoxy) is 3. The van der Waals surface area contributed by atoms with Crippen molar-refractivity contribution >= 4 is 23.1 Å². The normalized spacial score (nSPS) is 18.1. The van der Waals surface area contributed by atoms with E-state index >= 15 is 0 Å². The van der Waals surface area contributed by atoms with Crippen LogP contribution in [0.5, 0.6) is 17.2 Å². The lowest BCUT2D eigenvalue weighted by Crippen LogP contribution is -2.38. The maximum atomic E-state index is 14.4. The van der Waals surface area contributed by atoms with Gasteiger partial charge in [-0.1, -0.05) is 30.3 Å². The molecule has 208 valence electrons. The topological polar surface area (TPSA) is 90.2 Å². The zero-order chi connectivity index (χ0) is 28.5. The molecular formula is C33H30N2O6. The number of amides is 1. The summed E-state index contributed by atoms with van der Waals surface area (Å²) in [7, 11) is 4.63. The van der Waals surface area contributed by atoms with Crippen LogP contribution in [0.4, 0.5) is 11.4 Å². The Kier molecular flexibility index (Phi) is 6.97. The van der Waals surface area contributed by atoms with Crippen molar-refractivity contribution in [1.29, 1.82) is 0 Å². The number of methoxy groups -OCH3 is 3.